The molecule has 1 aromatic heterocycles. The molecule has 0 bridgehead atoms. The molecule has 0 amide bonds. The maximum Gasteiger partial charge on any atom is 0.425 e. The summed E-state index contributed by atoms with van der Waals surface area (Å²) in [7, 11) is 0. The maximum absolute atomic E-state index is 13.0. The lowest BCUT2D eigenvalue weighted by molar-refractivity contribution is -0.267. The van der Waals surface area contributed by atoms with Gasteiger partial charge in [0, 0.05) is 5.75 Å². The molecule has 2 aromatic rings. The number of hydrogen-bond donors (Lipinski definition) is 2. The van der Waals surface area contributed by atoms with Crippen molar-refractivity contribution in [2.75, 3.05) is 12.3 Å². The number of aromatic nitrogens is 2. The molecular formula is C14H12F3N3O2S. The van der Waals surface area contributed by atoms with Crippen molar-refractivity contribution < 1.29 is 23.0 Å². The van der Waals surface area contributed by atoms with Gasteiger partial charge in [0.2, 0.25) is 11.5 Å². The number of aliphatic hydroxyl groups is 1. The van der Waals surface area contributed by atoms with Crippen LogP contribution in [0.25, 0.3) is 0 Å². The van der Waals surface area contributed by atoms with Gasteiger partial charge in [-0.2, -0.15) is 18.2 Å². The largest absolute Gasteiger partial charge is 0.473 e. The first-order valence-electron chi connectivity index (χ1n) is 6.58. The monoisotopic (exact) mass is 343 g/mol. The van der Waals surface area contributed by atoms with Crippen LogP contribution in [0.1, 0.15) is 11.1 Å². The summed E-state index contributed by atoms with van der Waals surface area (Å²) in [5.41, 5.74) is 2.83. The molecule has 1 aliphatic heterocycles. The molecular weight excluding hydrogens is 331 g/mol. The Morgan fingerprint density at radius 1 is 1.26 bits per heavy atom. The van der Waals surface area contributed by atoms with Crippen molar-refractivity contribution in [3.05, 3.63) is 41.5 Å². The Morgan fingerprint density at radius 3 is 2.61 bits per heavy atom. The molecule has 1 aromatic carbocycles. The van der Waals surface area contributed by atoms with Crippen LogP contribution in [-0.4, -0.2) is 27.9 Å². The van der Waals surface area contributed by atoms with Gasteiger partial charge in [0.15, 0.2) is 5.16 Å². The Hall–Kier alpha value is -2.00. The molecule has 3 N–H and O–H groups in total. The Bertz CT molecular complexity index is 727. The quantitative estimate of drug-likeness (QED) is 0.658. The van der Waals surface area contributed by atoms with Crippen LogP contribution in [0, 0.1) is 0 Å². The van der Waals surface area contributed by atoms with Gasteiger partial charge in [0.05, 0.1) is 0 Å². The molecule has 0 aliphatic carbocycles. The van der Waals surface area contributed by atoms with E-state index in [4.69, 9.17) is 10.5 Å². The average molecular weight is 343 g/mol. The van der Waals surface area contributed by atoms with E-state index < -0.39 is 29.8 Å². The van der Waals surface area contributed by atoms with Crippen LogP contribution < -0.4 is 10.5 Å². The third-order valence-electron chi connectivity index (χ3n) is 3.39. The van der Waals surface area contributed by atoms with Crippen molar-refractivity contribution in [2.24, 2.45) is 0 Å². The van der Waals surface area contributed by atoms with Crippen LogP contribution in [-0.2, 0) is 11.4 Å². The Balaban J connectivity index is 1.87. The van der Waals surface area contributed by atoms with Crippen molar-refractivity contribution in [1.82, 2.24) is 9.97 Å². The first kappa shape index (κ1) is 15.9. The van der Waals surface area contributed by atoms with Crippen molar-refractivity contribution >= 4 is 17.6 Å². The number of hydrogen-bond acceptors (Lipinski definition) is 6. The second-order valence-electron chi connectivity index (χ2n) is 4.99. The van der Waals surface area contributed by atoms with Gasteiger partial charge < -0.3 is 15.6 Å². The number of fused-ring (bicyclic) bond motifs is 1. The topological polar surface area (TPSA) is 81.3 Å². The van der Waals surface area contributed by atoms with Crippen molar-refractivity contribution in [1.29, 1.82) is 0 Å². The summed E-state index contributed by atoms with van der Waals surface area (Å²) in [4.78, 5) is 7.79. The maximum atomic E-state index is 13.0. The lowest BCUT2D eigenvalue weighted by Gasteiger charge is -2.24. The molecule has 3 rings (SSSR count). The fourth-order valence-corrected chi connectivity index (χ4v) is 2.98. The zero-order chi connectivity index (χ0) is 16.7. The predicted molar refractivity (Wildman–Crippen MR) is 77.9 cm³/mol. The van der Waals surface area contributed by atoms with Gasteiger partial charge in [0.25, 0.3) is 0 Å². The molecule has 0 saturated carbocycles. The highest BCUT2D eigenvalue weighted by Gasteiger charge is 2.61. The second kappa shape index (κ2) is 5.57. The number of nitrogens with zero attached hydrogens (tertiary/aromatic N) is 2. The van der Waals surface area contributed by atoms with Gasteiger partial charge in [-0.25, -0.2) is 4.98 Å². The number of alkyl halides is 3. The van der Waals surface area contributed by atoms with Crippen molar-refractivity contribution in [3.63, 3.8) is 0 Å². The lowest BCUT2D eigenvalue weighted by atomic mass is 9.97. The highest BCUT2D eigenvalue weighted by molar-refractivity contribution is 7.98. The molecule has 0 fully saturated rings. The van der Waals surface area contributed by atoms with Crippen molar-refractivity contribution in [3.8, 4) is 5.88 Å². The third kappa shape index (κ3) is 2.81. The average Bonchev–Trinajstić information content (AvgIpc) is 2.85. The molecule has 1 aliphatic rings. The smallest absolute Gasteiger partial charge is 0.425 e. The number of anilines is 1. The van der Waals surface area contributed by atoms with Crippen molar-refractivity contribution in [2.45, 2.75) is 22.7 Å². The van der Waals surface area contributed by atoms with Crippen LogP contribution >= 0.6 is 11.8 Å². The molecule has 0 saturated heterocycles. The van der Waals surface area contributed by atoms with Gasteiger partial charge in [0.1, 0.15) is 18.0 Å². The van der Waals surface area contributed by atoms with E-state index in [9.17, 15) is 18.3 Å². The van der Waals surface area contributed by atoms with E-state index in [1.165, 1.54) is 11.8 Å². The fourth-order valence-electron chi connectivity index (χ4n) is 2.18. The first-order valence-corrected chi connectivity index (χ1v) is 7.56. The summed E-state index contributed by atoms with van der Waals surface area (Å²) < 4.78 is 44.0. The summed E-state index contributed by atoms with van der Waals surface area (Å²) >= 11 is 1.22. The lowest BCUT2D eigenvalue weighted by Crippen LogP contribution is -2.44. The first-order chi connectivity index (χ1) is 10.8. The Labute approximate surface area is 133 Å². The molecule has 0 radical (unpaired) electrons. The zero-order valence-corrected chi connectivity index (χ0v) is 12.5. The molecule has 9 heteroatoms. The highest BCUT2D eigenvalue weighted by Crippen LogP contribution is 2.48. The summed E-state index contributed by atoms with van der Waals surface area (Å²) in [6.07, 6.45) is -4.92. The molecule has 0 spiro atoms. The van der Waals surface area contributed by atoms with Crippen LogP contribution in [0.5, 0.6) is 5.88 Å². The summed E-state index contributed by atoms with van der Waals surface area (Å²) in [6.45, 7) is -0.975. The Kier molecular flexibility index (Phi) is 3.85. The number of ether oxygens (including phenoxy) is 1. The number of halogens is 3. The highest BCUT2D eigenvalue weighted by atomic mass is 32.2. The minimum Gasteiger partial charge on any atom is -0.473 e. The van der Waals surface area contributed by atoms with Gasteiger partial charge in [-0.1, -0.05) is 42.1 Å². The van der Waals surface area contributed by atoms with E-state index >= 15 is 0 Å². The van der Waals surface area contributed by atoms with E-state index in [2.05, 4.69) is 9.97 Å². The van der Waals surface area contributed by atoms with E-state index in [1.54, 1.807) is 0 Å². The van der Waals surface area contributed by atoms with Crippen LogP contribution in [0.15, 0.2) is 35.5 Å². The molecule has 2 heterocycles. The van der Waals surface area contributed by atoms with Crippen LogP contribution in [0.2, 0.25) is 0 Å². The molecule has 1 atom stereocenters. The number of nitrogen functional groups attached to an aromatic ring is 1. The van der Waals surface area contributed by atoms with Gasteiger partial charge in [-0.05, 0) is 5.56 Å². The van der Waals surface area contributed by atoms with Gasteiger partial charge in [-0.15, -0.1) is 0 Å². The van der Waals surface area contributed by atoms with E-state index in [0.717, 1.165) is 5.56 Å². The van der Waals surface area contributed by atoms with Gasteiger partial charge in [-0.3, -0.25) is 0 Å². The molecule has 23 heavy (non-hydrogen) atoms. The fraction of sp³-hybridized carbons (Fsp3) is 0.286. The van der Waals surface area contributed by atoms with Gasteiger partial charge >= 0.3 is 6.18 Å². The zero-order valence-electron chi connectivity index (χ0n) is 11.7. The minimum atomic E-state index is -4.92. The van der Waals surface area contributed by atoms with E-state index in [0.29, 0.717) is 5.75 Å². The van der Waals surface area contributed by atoms with Crippen LogP contribution in [0.3, 0.4) is 0 Å². The minimum absolute atomic E-state index is 0.191. The molecule has 122 valence electrons. The predicted octanol–water partition coefficient (Wildman–Crippen LogP) is 2.49. The number of nitrogens with two attached hydrogens (primary N) is 1. The number of benzene rings is 1. The third-order valence-corrected chi connectivity index (χ3v) is 4.31. The SMILES string of the molecule is Nc1nc(SCc2ccccc2)nc2c1C(O)(C(F)(F)F)CO2. The second-order valence-corrected chi connectivity index (χ2v) is 5.94. The summed E-state index contributed by atoms with van der Waals surface area (Å²) in [6, 6.07) is 9.44. The summed E-state index contributed by atoms with van der Waals surface area (Å²) in [5.74, 6) is -0.224. The summed E-state index contributed by atoms with van der Waals surface area (Å²) in [5, 5.41) is 10.0. The van der Waals surface area contributed by atoms with E-state index in [1.807, 2.05) is 30.3 Å². The number of thioether (sulfide) groups is 1. The number of rotatable bonds is 3. The Morgan fingerprint density at radius 2 is 1.96 bits per heavy atom. The molecule has 5 nitrogen and oxygen atoms in total. The normalized spacial score (nSPS) is 20.2. The molecule has 1 unspecified atom stereocenters. The van der Waals surface area contributed by atoms with E-state index in [-0.39, 0.29) is 11.0 Å². The van der Waals surface area contributed by atoms with Crippen LogP contribution in [0.4, 0.5) is 19.0 Å². The standard InChI is InChI=1S/C14H12F3N3O2S/c15-14(16,17)13(21)7-22-11-9(13)10(18)19-12(20-11)23-6-8-4-2-1-3-5-8/h1-5,21H,6-7H2,(H2,18,19,20).